The quantitative estimate of drug-likeness (QED) is 0.412. The Bertz CT molecular complexity index is 792. The van der Waals surface area contributed by atoms with Crippen LogP contribution in [0.4, 0.5) is 5.95 Å². The lowest BCUT2D eigenvalue weighted by atomic mass is 10.1. The number of ether oxygens (including phenoxy) is 2. The normalized spacial score (nSPS) is 13.4. The molecule has 2 atom stereocenters. The number of H-pyrrole nitrogens is 1. The van der Waals surface area contributed by atoms with Gasteiger partial charge in [0, 0.05) is 0 Å². The topological polar surface area (TPSA) is 171 Å². The predicted octanol–water partition coefficient (Wildman–Crippen LogP) is -1.01. The number of anilines is 1. The number of fused-ring (bicyclic) bond motifs is 1. The van der Waals surface area contributed by atoms with Gasteiger partial charge in [-0.25, -0.2) is 4.98 Å². The third-order valence-corrected chi connectivity index (χ3v) is 3.55. The number of aliphatic hydroxyl groups excluding tert-OH is 1. The highest BCUT2D eigenvalue weighted by molar-refractivity contribution is 5.85. The summed E-state index contributed by atoms with van der Waals surface area (Å²) in [6.07, 6.45) is 0.599. The number of aromatic amines is 1. The summed E-state index contributed by atoms with van der Waals surface area (Å²) in [7, 11) is 0. The van der Waals surface area contributed by atoms with E-state index in [4.69, 9.17) is 20.9 Å². The summed E-state index contributed by atoms with van der Waals surface area (Å²) >= 11 is 0. The number of nitrogen functional groups attached to an aromatic ring is 1. The minimum absolute atomic E-state index is 0. The number of hydrogen-bond donors (Lipinski definition) is 4. The SMILES string of the molecule is CC(C)C(N)C(=O)OCC(CO)OCn1cnc2c(=O)[nH]c(N)nc21.Cl. The van der Waals surface area contributed by atoms with E-state index in [2.05, 4.69) is 15.0 Å². The summed E-state index contributed by atoms with van der Waals surface area (Å²) in [5.41, 5.74) is 11.1. The monoisotopic (exact) mass is 390 g/mol. The van der Waals surface area contributed by atoms with Crippen molar-refractivity contribution in [1.82, 2.24) is 19.5 Å². The van der Waals surface area contributed by atoms with E-state index in [-0.39, 0.29) is 55.4 Å². The second-order valence-electron chi connectivity index (χ2n) is 5.84. The van der Waals surface area contributed by atoms with E-state index in [9.17, 15) is 14.7 Å². The van der Waals surface area contributed by atoms with E-state index in [1.165, 1.54) is 10.9 Å². The molecule has 0 saturated heterocycles. The molecule has 0 spiro atoms. The van der Waals surface area contributed by atoms with Crippen LogP contribution in [0, 0.1) is 5.92 Å². The molecule has 0 saturated carbocycles. The van der Waals surface area contributed by atoms with Gasteiger partial charge < -0.3 is 26.0 Å². The number of nitrogens with zero attached hydrogens (tertiary/aromatic N) is 3. The van der Waals surface area contributed by atoms with E-state index >= 15 is 0 Å². The molecule has 2 aromatic heterocycles. The van der Waals surface area contributed by atoms with Crippen LogP contribution in [-0.2, 0) is 21.0 Å². The number of esters is 1. The molecule has 0 aliphatic rings. The van der Waals surface area contributed by atoms with Crippen molar-refractivity contribution in [2.45, 2.75) is 32.7 Å². The lowest BCUT2D eigenvalue weighted by Gasteiger charge is -2.19. The highest BCUT2D eigenvalue weighted by Crippen LogP contribution is 2.08. The Morgan fingerprint density at radius 1 is 1.46 bits per heavy atom. The molecular formula is C14H23ClN6O5. The standard InChI is InChI=1S/C14H22N6O5.ClH/c1-7(2)9(15)13(23)24-4-8(3-21)25-6-20-5-17-10-11(20)18-14(16)19-12(10)22;/h5,7-9,21H,3-4,6,15H2,1-2H3,(H3,16,18,19,22);1H. The Labute approximate surface area is 155 Å². The van der Waals surface area contributed by atoms with Crippen LogP contribution >= 0.6 is 12.4 Å². The maximum atomic E-state index is 11.7. The number of hydrogen-bond acceptors (Lipinski definition) is 9. The zero-order valence-corrected chi connectivity index (χ0v) is 15.2. The van der Waals surface area contributed by atoms with Crippen LogP contribution in [0.3, 0.4) is 0 Å². The number of rotatable bonds is 8. The van der Waals surface area contributed by atoms with Gasteiger partial charge >= 0.3 is 5.97 Å². The molecule has 6 N–H and O–H groups in total. The zero-order chi connectivity index (χ0) is 18.6. The smallest absolute Gasteiger partial charge is 0.323 e. The van der Waals surface area contributed by atoms with E-state index in [1.807, 2.05) is 0 Å². The molecule has 12 heteroatoms. The van der Waals surface area contributed by atoms with Crippen LogP contribution in [0.1, 0.15) is 13.8 Å². The van der Waals surface area contributed by atoms with E-state index in [0.717, 1.165) is 0 Å². The molecule has 0 bridgehead atoms. The zero-order valence-electron chi connectivity index (χ0n) is 14.4. The van der Waals surface area contributed by atoms with Crippen molar-refractivity contribution in [1.29, 1.82) is 0 Å². The summed E-state index contributed by atoms with van der Waals surface area (Å²) in [5.74, 6) is -0.673. The summed E-state index contributed by atoms with van der Waals surface area (Å²) in [6.45, 7) is 3.02. The largest absolute Gasteiger partial charge is 0.462 e. The number of aliphatic hydroxyl groups is 1. The Hall–Kier alpha value is -2.21. The summed E-state index contributed by atoms with van der Waals surface area (Å²) in [5, 5.41) is 9.35. The second-order valence-corrected chi connectivity index (χ2v) is 5.84. The number of nitrogens with two attached hydrogens (primary N) is 2. The molecule has 0 radical (unpaired) electrons. The molecule has 2 rings (SSSR count). The molecule has 0 aliphatic carbocycles. The highest BCUT2D eigenvalue weighted by atomic mass is 35.5. The molecule has 146 valence electrons. The molecule has 0 fully saturated rings. The third kappa shape index (κ3) is 5.14. The highest BCUT2D eigenvalue weighted by Gasteiger charge is 2.21. The lowest BCUT2D eigenvalue weighted by molar-refractivity contribution is -0.153. The first-order chi connectivity index (χ1) is 11.8. The Kier molecular flexibility index (Phi) is 7.96. The van der Waals surface area contributed by atoms with Crippen LogP contribution in [0.25, 0.3) is 11.2 Å². The van der Waals surface area contributed by atoms with Crippen molar-refractivity contribution in [2.75, 3.05) is 18.9 Å². The number of carbonyl (C=O) groups excluding carboxylic acids is 1. The maximum Gasteiger partial charge on any atom is 0.323 e. The average molecular weight is 391 g/mol. The number of carbonyl (C=O) groups is 1. The van der Waals surface area contributed by atoms with Crippen LogP contribution in [-0.4, -0.2) is 56.0 Å². The average Bonchev–Trinajstić information content (AvgIpc) is 2.97. The number of imidazole rings is 1. The molecule has 0 aliphatic heterocycles. The second kappa shape index (κ2) is 9.48. The van der Waals surface area contributed by atoms with E-state index < -0.39 is 23.7 Å². The van der Waals surface area contributed by atoms with Crippen molar-refractivity contribution in [3.63, 3.8) is 0 Å². The fourth-order valence-electron chi connectivity index (χ4n) is 1.95. The van der Waals surface area contributed by atoms with Crippen LogP contribution in [0.2, 0.25) is 0 Å². The Morgan fingerprint density at radius 2 is 2.15 bits per heavy atom. The third-order valence-electron chi connectivity index (χ3n) is 3.55. The Balaban J connectivity index is 0.00000338. The van der Waals surface area contributed by atoms with Crippen LogP contribution < -0.4 is 17.0 Å². The van der Waals surface area contributed by atoms with E-state index in [1.54, 1.807) is 13.8 Å². The van der Waals surface area contributed by atoms with Gasteiger partial charge in [0.2, 0.25) is 5.95 Å². The van der Waals surface area contributed by atoms with Gasteiger partial charge in [0.25, 0.3) is 5.56 Å². The molecule has 2 unspecified atom stereocenters. The molecule has 2 heterocycles. The van der Waals surface area contributed by atoms with Gasteiger partial charge in [0.15, 0.2) is 11.2 Å². The van der Waals surface area contributed by atoms with Crippen molar-refractivity contribution in [3.8, 4) is 0 Å². The molecule has 11 nitrogen and oxygen atoms in total. The summed E-state index contributed by atoms with van der Waals surface area (Å²) in [6, 6.07) is -0.740. The first kappa shape index (κ1) is 21.8. The summed E-state index contributed by atoms with van der Waals surface area (Å²) < 4.78 is 12.0. The number of aromatic nitrogens is 4. The molecule has 0 aromatic carbocycles. The van der Waals surface area contributed by atoms with Crippen molar-refractivity contribution < 1.29 is 19.4 Å². The molecule has 2 aromatic rings. The molecule has 0 amide bonds. The fraction of sp³-hybridized carbons (Fsp3) is 0.571. The molecular weight excluding hydrogens is 368 g/mol. The lowest BCUT2D eigenvalue weighted by Crippen LogP contribution is -2.39. The van der Waals surface area contributed by atoms with Crippen molar-refractivity contribution in [2.24, 2.45) is 11.7 Å². The van der Waals surface area contributed by atoms with Gasteiger partial charge in [0.1, 0.15) is 25.5 Å². The van der Waals surface area contributed by atoms with Crippen molar-refractivity contribution in [3.05, 3.63) is 16.7 Å². The van der Waals surface area contributed by atoms with E-state index in [0.29, 0.717) is 0 Å². The fourth-order valence-corrected chi connectivity index (χ4v) is 1.95. The van der Waals surface area contributed by atoms with Gasteiger partial charge in [0.05, 0.1) is 12.9 Å². The number of nitrogens with one attached hydrogen (secondary N) is 1. The minimum atomic E-state index is -0.764. The Morgan fingerprint density at radius 3 is 2.77 bits per heavy atom. The van der Waals surface area contributed by atoms with Gasteiger partial charge in [-0.15, -0.1) is 12.4 Å². The minimum Gasteiger partial charge on any atom is -0.462 e. The van der Waals surface area contributed by atoms with Crippen LogP contribution in [0.15, 0.2) is 11.1 Å². The van der Waals surface area contributed by atoms with Gasteiger partial charge in [-0.1, -0.05) is 13.8 Å². The van der Waals surface area contributed by atoms with Crippen molar-refractivity contribution >= 4 is 35.5 Å². The van der Waals surface area contributed by atoms with Crippen LogP contribution in [0.5, 0.6) is 0 Å². The van der Waals surface area contributed by atoms with Gasteiger partial charge in [-0.05, 0) is 5.92 Å². The predicted molar refractivity (Wildman–Crippen MR) is 95.5 cm³/mol. The number of halogens is 1. The molecule has 26 heavy (non-hydrogen) atoms. The first-order valence-electron chi connectivity index (χ1n) is 7.68. The van der Waals surface area contributed by atoms with Gasteiger partial charge in [-0.2, -0.15) is 4.98 Å². The summed E-state index contributed by atoms with van der Waals surface area (Å²) in [4.78, 5) is 33.7. The first-order valence-corrected chi connectivity index (χ1v) is 7.68. The maximum absolute atomic E-state index is 11.7. The van der Waals surface area contributed by atoms with Gasteiger partial charge in [-0.3, -0.25) is 19.1 Å².